The quantitative estimate of drug-likeness (QED) is 0.844. The zero-order valence-electron chi connectivity index (χ0n) is 12.2. The third-order valence-corrected chi connectivity index (χ3v) is 5.42. The van der Waals surface area contributed by atoms with Crippen molar-refractivity contribution in [2.75, 3.05) is 5.75 Å². The molecule has 0 bridgehead atoms. The number of thioether (sulfide) groups is 1. The minimum atomic E-state index is -1.28. The van der Waals surface area contributed by atoms with Crippen LogP contribution in [0.1, 0.15) is 16.7 Å². The molecule has 1 atom stereocenters. The Bertz CT molecular complexity index is 705. The Morgan fingerprint density at radius 2 is 1.95 bits per heavy atom. The van der Waals surface area contributed by atoms with Crippen molar-refractivity contribution in [1.29, 1.82) is 0 Å². The Hall–Kier alpha value is -1.56. The van der Waals surface area contributed by atoms with Gasteiger partial charge in [-0.1, -0.05) is 65.9 Å². The van der Waals surface area contributed by atoms with Gasteiger partial charge in [-0.25, -0.2) is 0 Å². The van der Waals surface area contributed by atoms with Gasteiger partial charge in [-0.2, -0.15) is 0 Å². The standard InChI is InChI=1S/C17H17NO2S2/c1-12-7-8-15(19)14(9-12)17(20)11-22-16(21)18(17)10-13-5-3-2-4-6-13/h2-9,19-20H,10-11H2,1H3. The number of thiocarbonyl (C=S) groups is 1. The maximum absolute atomic E-state index is 11.2. The van der Waals surface area contributed by atoms with Crippen LogP contribution < -0.4 is 0 Å². The Morgan fingerprint density at radius 3 is 2.68 bits per heavy atom. The van der Waals surface area contributed by atoms with E-state index < -0.39 is 5.72 Å². The van der Waals surface area contributed by atoms with Crippen LogP contribution in [-0.2, 0) is 12.3 Å². The molecule has 1 unspecified atom stereocenters. The first-order chi connectivity index (χ1) is 10.5. The Kier molecular flexibility index (Phi) is 4.12. The maximum Gasteiger partial charge on any atom is 0.179 e. The highest BCUT2D eigenvalue weighted by Crippen LogP contribution is 2.43. The summed E-state index contributed by atoms with van der Waals surface area (Å²) in [6.07, 6.45) is 0. The second kappa shape index (κ2) is 5.91. The Balaban J connectivity index is 2.00. The summed E-state index contributed by atoms with van der Waals surface area (Å²) in [5.74, 6) is 0.506. The molecule has 0 radical (unpaired) electrons. The molecule has 2 aromatic rings. The molecule has 1 saturated heterocycles. The van der Waals surface area contributed by atoms with Crippen LogP contribution in [0.25, 0.3) is 0 Å². The summed E-state index contributed by atoms with van der Waals surface area (Å²) < 4.78 is 0.646. The molecule has 0 amide bonds. The minimum Gasteiger partial charge on any atom is -0.507 e. The fourth-order valence-corrected chi connectivity index (χ4v) is 4.02. The number of hydrogen-bond donors (Lipinski definition) is 2. The van der Waals surface area contributed by atoms with E-state index in [9.17, 15) is 10.2 Å². The number of aromatic hydroxyl groups is 1. The molecule has 2 aromatic carbocycles. The number of aliphatic hydroxyl groups is 1. The molecule has 5 heteroatoms. The molecular formula is C17H17NO2S2. The number of phenols is 1. The molecule has 3 rings (SSSR count). The average Bonchev–Trinajstić information content (AvgIpc) is 2.80. The number of phenolic OH excluding ortho intramolecular Hbond substituents is 1. The summed E-state index contributed by atoms with van der Waals surface area (Å²) in [5.41, 5.74) is 1.28. The predicted molar refractivity (Wildman–Crippen MR) is 93.8 cm³/mol. The van der Waals surface area contributed by atoms with Gasteiger partial charge in [0.25, 0.3) is 0 Å². The van der Waals surface area contributed by atoms with Crippen LogP contribution in [-0.4, -0.2) is 25.2 Å². The SMILES string of the molecule is Cc1ccc(O)c(C2(O)CSC(=S)N2Cc2ccccc2)c1. The molecule has 0 saturated carbocycles. The van der Waals surface area contributed by atoms with Crippen molar-refractivity contribution in [3.63, 3.8) is 0 Å². The van der Waals surface area contributed by atoms with E-state index in [-0.39, 0.29) is 5.75 Å². The lowest BCUT2D eigenvalue weighted by Crippen LogP contribution is -2.44. The smallest absolute Gasteiger partial charge is 0.179 e. The lowest BCUT2D eigenvalue weighted by Gasteiger charge is -2.35. The molecule has 0 aliphatic carbocycles. The molecule has 0 spiro atoms. The number of hydrogen-bond acceptors (Lipinski definition) is 4. The fraction of sp³-hybridized carbons (Fsp3) is 0.235. The number of aryl methyl sites for hydroxylation is 1. The largest absolute Gasteiger partial charge is 0.507 e. The molecular weight excluding hydrogens is 314 g/mol. The van der Waals surface area contributed by atoms with Gasteiger partial charge in [0.15, 0.2) is 5.72 Å². The summed E-state index contributed by atoms with van der Waals surface area (Å²) >= 11 is 6.85. The highest BCUT2D eigenvalue weighted by Gasteiger charge is 2.45. The lowest BCUT2D eigenvalue weighted by atomic mass is 9.99. The van der Waals surface area contributed by atoms with Crippen molar-refractivity contribution < 1.29 is 10.2 Å². The first-order valence-corrected chi connectivity index (χ1v) is 8.41. The lowest BCUT2D eigenvalue weighted by molar-refractivity contribution is -0.0524. The van der Waals surface area contributed by atoms with Gasteiger partial charge in [0.1, 0.15) is 10.1 Å². The molecule has 1 aliphatic rings. The number of nitrogens with zero attached hydrogens (tertiary/aromatic N) is 1. The van der Waals surface area contributed by atoms with E-state index in [4.69, 9.17) is 12.2 Å². The fourth-order valence-electron chi connectivity index (χ4n) is 2.62. The van der Waals surface area contributed by atoms with Gasteiger partial charge in [0.2, 0.25) is 0 Å². The van der Waals surface area contributed by atoms with E-state index in [2.05, 4.69) is 0 Å². The summed E-state index contributed by atoms with van der Waals surface area (Å²) in [6, 6.07) is 15.2. The van der Waals surface area contributed by atoms with Crippen molar-refractivity contribution >= 4 is 28.3 Å². The van der Waals surface area contributed by atoms with Crippen molar-refractivity contribution in [3.05, 3.63) is 65.2 Å². The average molecular weight is 331 g/mol. The molecule has 1 heterocycles. The van der Waals surface area contributed by atoms with Crippen LogP contribution in [0.3, 0.4) is 0 Å². The molecule has 2 N–H and O–H groups in total. The van der Waals surface area contributed by atoms with Gasteiger partial charge in [-0.05, 0) is 24.6 Å². The molecule has 0 aromatic heterocycles. The molecule has 1 aliphatic heterocycles. The first kappa shape index (κ1) is 15.3. The van der Waals surface area contributed by atoms with Crippen LogP contribution in [0.2, 0.25) is 0 Å². The van der Waals surface area contributed by atoms with Crippen LogP contribution in [0.5, 0.6) is 5.75 Å². The number of benzene rings is 2. The van der Waals surface area contributed by atoms with Crippen molar-refractivity contribution in [3.8, 4) is 5.75 Å². The second-order valence-corrected chi connectivity index (χ2v) is 7.07. The third-order valence-electron chi connectivity index (χ3n) is 3.83. The van der Waals surface area contributed by atoms with Gasteiger partial charge in [0.05, 0.1) is 5.75 Å². The minimum absolute atomic E-state index is 0.0939. The molecule has 1 fully saturated rings. The van der Waals surface area contributed by atoms with Gasteiger partial charge < -0.3 is 15.1 Å². The second-order valence-electron chi connectivity index (χ2n) is 5.46. The summed E-state index contributed by atoms with van der Waals surface area (Å²) in [5, 5.41) is 21.4. The van der Waals surface area contributed by atoms with Gasteiger partial charge >= 0.3 is 0 Å². The summed E-state index contributed by atoms with van der Waals surface area (Å²) in [7, 11) is 0. The molecule has 114 valence electrons. The van der Waals surface area contributed by atoms with E-state index in [0.717, 1.165) is 11.1 Å². The van der Waals surface area contributed by atoms with Crippen LogP contribution in [0, 0.1) is 6.92 Å². The Labute approximate surface area is 139 Å². The van der Waals surface area contributed by atoms with E-state index in [1.165, 1.54) is 11.8 Å². The monoisotopic (exact) mass is 331 g/mol. The maximum atomic E-state index is 11.2. The van der Waals surface area contributed by atoms with E-state index in [1.807, 2.05) is 49.4 Å². The van der Waals surface area contributed by atoms with Gasteiger partial charge in [0, 0.05) is 12.1 Å². The summed E-state index contributed by atoms with van der Waals surface area (Å²) in [6.45, 7) is 2.45. The van der Waals surface area contributed by atoms with Crippen molar-refractivity contribution in [2.45, 2.75) is 19.2 Å². The molecule has 3 nitrogen and oxygen atoms in total. The van der Waals surface area contributed by atoms with E-state index in [0.29, 0.717) is 22.2 Å². The zero-order chi connectivity index (χ0) is 15.7. The van der Waals surface area contributed by atoms with E-state index in [1.54, 1.807) is 11.0 Å². The van der Waals surface area contributed by atoms with Crippen molar-refractivity contribution in [2.24, 2.45) is 0 Å². The topological polar surface area (TPSA) is 43.7 Å². The Morgan fingerprint density at radius 1 is 1.23 bits per heavy atom. The van der Waals surface area contributed by atoms with Crippen LogP contribution in [0.4, 0.5) is 0 Å². The molecule has 22 heavy (non-hydrogen) atoms. The van der Waals surface area contributed by atoms with Gasteiger partial charge in [-0.15, -0.1) is 0 Å². The highest BCUT2D eigenvalue weighted by molar-refractivity contribution is 8.23. The predicted octanol–water partition coefficient (Wildman–Crippen LogP) is 3.38. The van der Waals surface area contributed by atoms with Gasteiger partial charge in [-0.3, -0.25) is 0 Å². The van der Waals surface area contributed by atoms with Crippen molar-refractivity contribution in [1.82, 2.24) is 4.90 Å². The summed E-state index contributed by atoms with van der Waals surface area (Å²) in [4.78, 5) is 1.79. The zero-order valence-corrected chi connectivity index (χ0v) is 13.8. The third kappa shape index (κ3) is 2.72. The highest BCUT2D eigenvalue weighted by atomic mass is 32.2. The van der Waals surface area contributed by atoms with Crippen LogP contribution in [0.15, 0.2) is 48.5 Å². The van der Waals surface area contributed by atoms with Crippen LogP contribution >= 0.6 is 24.0 Å². The number of rotatable bonds is 3. The van der Waals surface area contributed by atoms with E-state index >= 15 is 0 Å². The first-order valence-electron chi connectivity index (χ1n) is 7.01. The normalized spacial score (nSPS) is 21.4.